The Morgan fingerprint density at radius 2 is 1.71 bits per heavy atom. The quantitative estimate of drug-likeness (QED) is 0.146. The van der Waals surface area contributed by atoms with Gasteiger partial charge >= 0.3 is 6.16 Å². The number of hydrogen-bond acceptors (Lipinski definition) is 5. The molecular weight excluding hydrogens is 516 g/mol. The maximum atomic E-state index is 11.2. The van der Waals surface area contributed by atoms with Crippen LogP contribution in [0, 0.1) is 20.8 Å². The molecule has 2 aromatic heterocycles. The van der Waals surface area contributed by atoms with Gasteiger partial charge in [0.25, 0.3) is 0 Å². The van der Waals surface area contributed by atoms with Crippen LogP contribution in [0.1, 0.15) is 41.7 Å². The number of imidazole rings is 2. The second kappa shape index (κ2) is 12.0. The second-order valence-corrected chi connectivity index (χ2v) is 10.3. The monoisotopic (exact) mass is 552 g/mol. The van der Waals surface area contributed by atoms with Crippen molar-refractivity contribution in [3.05, 3.63) is 89.0 Å². The number of aromatic nitrogens is 4. The highest BCUT2D eigenvalue weighted by atomic mass is 16.7. The first-order chi connectivity index (χ1) is 19.8. The van der Waals surface area contributed by atoms with Gasteiger partial charge in [-0.3, -0.25) is 0 Å². The molecule has 1 N–H and O–H groups in total. The molecule has 5 rings (SSSR count). The average molecular weight is 553 g/mol. The Morgan fingerprint density at radius 1 is 0.951 bits per heavy atom. The van der Waals surface area contributed by atoms with Crippen LogP contribution in [0.4, 0.5) is 4.79 Å². The Morgan fingerprint density at radius 3 is 2.41 bits per heavy atom. The van der Waals surface area contributed by atoms with E-state index in [1.54, 1.807) is 19.2 Å². The predicted molar refractivity (Wildman–Crippen MR) is 161 cm³/mol. The zero-order valence-corrected chi connectivity index (χ0v) is 24.3. The third-order valence-electron chi connectivity index (χ3n) is 7.52. The number of nitrogens with zero attached hydrogens (tertiary/aromatic N) is 4. The van der Waals surface area contributed by atoms with Gasteiger partial charge in [-0.25, -0.2) is 14.8 Å². The van der Waals surface area contributed by atoms with E-state index >= 15 is 0 Å². The minimum atomic E-state index is -1.33. The Balaban J connectivity index is 1.54. The summed E-state index contributed by atoms with van der Waals surface area (Å²) in [5.74, 6) is 2.32. The number of carbonyl (C=O) groups is 1. The van der Waals surface area contributed by atoms with Crippen molar-refractivity contribution in [1.82, 2.24) is 19.1 Å². The smallest absolute Gasteiger partial charge is 0.449 e. The third-order valence-corrected chi connectivity index (χ3v) is 7.52. The number of fused-ring (bicyclic) bond motifs is 1. The van der Waals surface area contributed by atoms with Crippen LogP contribution in [-0.4, -0.2) is 44.1 Å². The Labute approximate surface area is 240 Å². The first-order valence-corrected chi connectivity index (χ1v) is 13.9. The summed E-state index contributed by atoms with van der Waals surface area (Å²) in [6, 6.07) is 19.7. The fourth-order valence-corrected chi connectivity index (χ4v) is 5.35. The van der Waals surface area contributed by atoms with E-state index in [0.29, 0.717) is 18.9 Å². The summed E-state index contributed by atoms with van der Waals surface area (Å²) in [5, 5.41) is 9.12. The maximum Gasteiger partial charge on any atom is 0.511 e. The van der Waals surface area contributed by atoms with Crippen LogP contribution >= 0.6 is 0 Å². The minimum Gasteiger partial charge on any atom is -0.449 e. The van der Waals surface area contributed by atoms with Crippen molar-refractivity contribution >= 4 is 17.2 Å². The van der Waals surface area contributed by atoms with Crippen molar-refractivity contribution in [2.45, 2.75) is 53.6 Å². The molecule has 212 valence electrons. The van der Waals surface area contributed by atoms with Crippen molar-refractivity contribution in [3.8, 4) is 28.3 Å². The summed E-state index contributed by atoms with van der Waals surface area (Å²) >= 11 is 0. The number of benzene rings is 3. The topological polar surface area (TPSA) is 91.4 Å². The van der Waals surface area contributed by atoms with Crippen LogP contribution in [0.15, 0.2) is 60.7 Å². The lowest BCUT2D eigenvalue weighted by Gasteiger charge is -2.13. The van der Waals surface area contributed by atoms with Crippen molar-refractivity contribution < 1.29 is 19.4 Å². The molecule has 0 amide bonds. The van der Waals surface area contributed by atoms with Crippen LogP contribution in [-0.2, 0) is 24.2 Å². The molecule has 0 fully saturated rings. The van der Waals surface area contributed by atoms with Gasteiger partial charge in [-0.05, 0) is 62.1 Å². The van der Waals surface area contributed by atoms with Crippen LogP contribution in [0.3, 0.4) is 0 Å². The van der Waals surface area contributed by atoms with E-state index < -0.39 is 6.16 Å². The zero-order chi connectivity index (χ0) is 29.1. The van der Waals surface area contributed by atoms with E-state index in [1.165, 1.54) is 0 Å². The van der Waals surface area contributed by atoms with Crippen LogP contribution in [0.2, 0.25) is 0 Å². The lowest BCUT2D eigenvalue weighted by Crippen LogP contribution is -2.08. The molecular formula is C33H36N4O4. The van der Waals surface area contributed by atoms with E-state index in [-0.39, 0.29) is 0 Å². The Kier molecular flexibility index (Phi) is 8.21. The summed E-state index contributed by atoms with van der Waals surface area (Å²) in [6.07, 6.45) is 0.543. The second-order valence-electron chi connectivity index (χ2n) is 10.3. The molecule has 0 atom stereocenters. The molecule has 0 bridgehead atoms. The Bertz CT molecular complexity index is 1700. The van der Waals surface area contributed by atoms with Gasteiger partial charge in [-0.1, -0.05) is 49.4 Å². The van der Waals surface area contributed by atoms with Crippen molar-refractivity contribution in [3.63, 3.8) is 0 Å². The Hall–Kier alpha value is -4.43. The molecule has 41 heavy (non-hydrogen) atoms. The number of para-hydroxylation sites is 1. The van der Waals surface area contributed by atoms with Gasteiger partial charge in [-0.2, -0.15) is 0 Å². The van der Waals surface area contributed by atoms with Crippen LogP contribution in [0.5, 0.6) is 5.75 Å². The maximum absolute atomic E-state index is 11.2. The molecule has 0 aliphatic rings. The number of carboxylic acid groups (broad SMARTS) is 1. The van der Waals surface area contributed by atoms with E-state index in [2.05, 4.69) is 54.2 Å². The highest BCUT2D eigenvalue weighted by Crippen LogP contribution is 2.32. The summed E-state index contributed by atoms with van der Waals surface area (Å²) in [5.41, 5.74) is 9.19. The molecule has 8 nitrogen and oxygen atoms in total. The molecule has 2 heterocycles. The van der Waals surface area contributed by atoms with Gasteiger partial charge in [0, 0.05) is 43.4 Å². The normalized spacial score (nSPS) is 11.3. The minimum absolute atomic E-state index is 0.316. The first kappa shape index (κ1) is 28.1. The molecule has 0 radical (unpaired) electrons. The summed E-state index contributed by atoms with van der Waals surface area (Å²) in [7, 11) is 1.72. The SMILES string of the molecule is CCCc1nc2c(C)cc(-c3nc(C)c(C)n3CCOC)cc2n1Cc1ccc(-c2ccccc2OC(=O)O)cc1. The molecule has 0 spiro atoms. The number of aryl methyl sites for hydroxylation is 3. The van der Waals surface area contributed by atoms with E-state index in [9.17, 15) is 4.79 Å². The lowest BCUT2D eigenvalue weighted by atomic mass is 10.0. The lowest BCUT2D eigenvalue weighted by molar-refractivity contribution is 0.144. The molecule has 0 saturated heterocycles. The number of ether oxygens (including phenoxy) is 2. The standard InChI is InChI=1S/C33H36N4O4/c1-6-9-30-35-31-21(2)18-26(32-34-22(3)23(4)36(32)16-17-40-5)19-28(31)37(30)20-24-12-14-25(15-13-24)27-10-7-8-11-29(27)41-33(38)39/h7-8,10-15,18-19H,6,9,16-17,20H2,1-5H3,(H,38,39). The molecule has 0 aliphatic carbocycles. The van der Waals surface area contributed by atoms with E-state index in [4.69, 9.17) is 24.5 Å². The molecule has 3 aromatic carbocycles. The zero-order valence-electron chi connectivity index (χ0n) is 24.3. The number of rotatable bonds is 10. The van der Waals surface area contributed by atoms with Gasteiger partial charge in [-0.15, -0.1) is 0 Å². The van der Waals surface area contributed by atoms with Crippen molar-refractivity contribution in [2.24, 2.45) is 0 Å². The van der Waals surface area contributed by atoms with Crippen LogP contribution < -0.4 is 4.74 Å². The molecule has 5 aromatic rings. The highest BCUT2D eigenvalue weighted by Gasteiger charge is 2.18. The fraction of sp³-hybridized carbons (Fsp3) is 0.303. The first-order valence-electron chi connectivity index (χ1n) is 13.9. The molecule has 0 unspecified atom stereocenters. The van der Waals surface area contributed by atoms with Gasteiger partial charge in [0.2, 0.25) is 0 Å². The average Bonchev–Trinajstić information content (AvgIpc) is 3.44. The van der Waals surface area contributed by atoms with Crippen molar-refractivity contribution in [2.75, 3.05) is 13.7 Å². The summed E-state index contributed by atoms with van der Waals surface area (Å²) < 4.78 is 14.9. The fourth-order valence-electron chi connectivity index (χ4n) is 5.35. The third kappa shape index (κ3) is 5.74. The van der Waals surface area contributed by atoms with E-state index in [1.807, 2.05) is 31.2 Å². The molecule has 0 aliphatic heterocycles. The van der Waals surface area contributed by atoms with Gasteiger partial charge in [0.15, 0.2) is 0 Å². The van der Waals surface area contributed by atoms with Gasteiger partial charge in [0.05, 0.1) is 23.3 Å². The number of hydrogen-bond donors (Lipinski definition) is 1. The van der Waals surface area contributed by atoms with E-state index in [0.717, 1.165) is 81.3 Å². The summed E-state index contributed by atoms with van der Waals surface area (Å²) in [4.78, 5) is 21.2. The predicted octanol–water partition coefficient (Wildman–Crippen LogP) is 7.20. The summed E-state index contributed by atoms with van der Waals surface area (Å²) in [6.45, 7) is 10.5. The molecule has 0 saturated carbocycles. The van der Waals surface area contributed by atoms with Crippen LogP contribution in [0.25, 0.3) is 33.5 Å². The van der Waals surface area contributed by atoms with Gasteiger partial charge < -0.3 is 23.7 Å². The highest BCUT2D eigenvalue weighted by molar-refractivity contribution is 5.85. The largest absolute Gasteiger partial charge is 0.511 e. The number of methoxy groups -OCH3 is 1. The van der Waals surface area contributed by atoms with Gasteiger partial charge in [0.1, 0.15) is 17.4 Å². The molecule has 8 heteroatoms. The van der Waals surface area contributed by atoms with Crippen molar-refractivity contribution in [1.29, 1.82) is 0 Å².